The first-order valence-corrected chi connectivity index (χ1v) is 9.10. The molecule has 0 aliphatic carbocycles. The van der Waals surface area contributed by atoms with E-state index in [0.29, 0.717) is 12.5 Å². The van der Waals surface area contributed by atoms with E-state index in [2.05, 4.69) is 33.9 Å². The zero-order valence-corrected chi connectivity index (χ0v) is 14.8. The lowest BCUT2D eigenvalue weighted by Crippen LogP contribution is -2.39. The van der Waals surface area contributed by atoms with E-state index in [4.69, 9.17) is 0 Å². The van der Waals surface area contributed by atoms with Gasteiger partial charge in [-0.25, -0.2) is 4.39 Å². The van der Waals surface area contributed by atoms with Crippen LogP contribution in [0.3, 0.4) is 0 Å². The summed E-state index contributed by atoms with van der Waals surface area (Å²) < 4.78 is 12.9. The number of hydrogen-bond acceptors (Lipinski definition) is 5. The number of halogens is 1. The minimum atomic E-state index is -0.212. The molecular formula is C18H23FN4S. The van der Waals surface area contributed by atoms with E-state index >= 15 is 0 Å². The summed E-state index contributed by atoms with van der Waals surface area (Å²) >= 11 is 1.58. The Morgan fingerprint density at radius 1 is 1.29 bits per heavy atom. The van der Waals surface area contributed by atoms with Crippen molar-refractivity contribution >= 4 is 16.5 Å². The van der Waals surface area contributed by atoms with Crippen LogP contribution in [0.2, 0.25) is 0 Å². The van der Waals surface area contributed by atoms with Crippen LogP contribution in [0, 0.1) is 5.82 Å². The van der Waals surface area contributed by atoms with Crippen LogP contribution < -0.4 is 5.32 Å². The third kappa shape index (κ3) is 4.85. The lowest BCUT2D eigenvalue weighted by atomic mass is 10.0. The van der Waals surface area contributed by atoms with Crippen molar-refractivity contribution in [2.45, 2.75) is 32.2 Å². The van der Waals surface area contributed by atoms with Crippen LogP contribution in [0.5, 0.6) is 0 Å². The van der Waals surface area contributed by atoms with Crippen LogP contribution >= 0.6 is 11.3 Å². The van der Waals surface area contributed by atoms with Crippen molar-refractivity contribution in [3.63, 3.8) is 0 Å². The van der Waals surface area contributed by atoms with Gasteiger partial charge in [-0.3, -0.25) is 4.90 Å². The molecule has 4 nitrogen and oxygen atoms in total. The average molecular weight is 346 g/mol. The maximum Gasteiger partial charge on any atom is 0.205 e. The van der Waals surface area contributed by atoms with Gasteiger partial charge in [0.05, 0.1) is 0 Å². The van der Waals surface area contributed by atoms with Gasteiger partial charge < -0.3 is 5.32 Å². The van der Waals surface area contributed by atoms with Gasteiger partial charge in [0.1, 0.15) is 10.8 Å². The Bertz CT molecular complexity index is 675. The summed E-state index contributed by atoms with van der Waals surface area (Å²) in [6.45, 7) is 9.23. The third-order valence-corrected chi connectivity index (χ3v) is 5.00. The third-order valence-electron chi connectivity index (χ3n) is 4.14. The highest BCUT2D eigenvalue weighted by molar-refractivity contribution is 7.15. The fourth-order valence-electron chi connectivity index (χ4n) is 2.95. The van der Waals surface area contributed by atoms with Gasteiger partial charge >= 0.3 is 0 Å². The van der Waals surface area contributed by atoms with Gasteiger partial charge in [0, 0.05) is 32.1 Å². The predicted octanol–water partition coefficient (Wildman–Crippen LogP) is 3.72. The van der Waals surface area contributed by atoms with Crippen LogP contribution in [-0.2, 0) is 6.42 Å². The Morgan fingerprint density at radius 3 is 2.67 bits per heavy atom. The predicted molar refractivity (Wildman–Crippen MR) is 97.0 cm³/mol. The Kier molecular flexibility index (Phi) is 5.58. The lowest BCUT2D eigenvalue weighted by Gasteiger charge is -2.32. The molecule has 24 heavy (non-hydrogen) atoms. The molecular weight excluding hydrogens is 323 g/mol. The zero-order chi connectivity index (χ0) is 16.9. The largest absolute Gasteiger partial charge is 0.357 e. The van der Waals surface area contributed by atoms with E-state index in [0.717, 1.165) is 48.2 Å². The standard InChI is InChI=1S/C18H23FN4S/c1-13(2)12-23-9-7-16(8-10-23)20-18-22-21-17(24-18)11-14-3-5-15(19)6-4-14/h3-6,16H,1,7-12H2,2H3,(H,20,22). The number of aromatic nitrogens is 2. The number of piperidine rings is 1. The number of rotatable bonds is 6. The molecule has 3 rings (SSSR count). The van der Waals surface area contributed by atoms with Gasteiger partial charge in [-0.15, -0.1) is 10.2 Å². The van der Waals surface area contributed by atoms with E-state index in [-0.39, 0.29) is 5.82 Å². The summed E-state index contributed by atoms with van der Waals surface area (Å²) in [5.74, 6) is -0.212. The highest BCUT2D eigenvalue weighted by Gasteiger charge is 2.20. The number of nitrogens with one attached hydrogen (secondary N) is 1. The highest BCUT2D eigenvalue weighted by Crippen LogP contribution is 2.22. The van der Waals surface area contributed by atoms with Crippen LogP contribution in [0.4, 0.5) is 9.52 Å². The monoisotopic (exact) mass is 346 g/mol. The van der Waals surface area contributed by atoms with Crippen molar-refractivity contribution in [3.05, 3.63) is 52.8 Å². The smallest absolute Gasteiger partial charge is 0.205 e. The second-order valence-corrected chi connectivity index (χ2v) is 7.52. The Morgan fingerprint density at radius 2 is 2.00 bits per heavy atom. The Labute approximate surface area is 146 Å². The molecule has 0 saturated carbocycles. The highest BCUT2D eigenvalue weighted by atomic mass is 32.1. The first-order chi connectivity index (χ1) is 11.6. The minimum Gasteiger partial charge on any atom is -0.357 e. The molecule has 0 unspecified atom stereocenters. The van der Waals surface area contributed by atoms with Crippen LogP contribution in [0.25, 0.3) is 0 Å². The molecule has 1 N–H and O–H groups in total. The van der Waals surface area contributed by atoms with Crippen molar-refractivity contribution in [1.29, 1.82) is 0 Å². The van der Waals surface area contributed by atoms with E-state index in [9.17, 15) is 4.39 Å². The minimum absolute atomic E-state index is 0.212. The van der Waals surface area contributed by atoms with Crippen LogP contribution in [0.15, 0.2) is 36.4 Å². The summed E-state index contributed by atoms with van der Waals surface area (Å²) in [6, 6.07) is 7.00. The lowest BCUT2D eigenvalue weighted by molar-refractivity contribution is 0.236. The van der Waals surface area contributed by atoms with E-state index in [1.807, 2.05) is 0 Å². The second kappa shape index (κ2) is 7.85. The number of nitrogens with zero attached hydrogens (tertiary/aromatic N) is 3. The van der Waals surface area contributed by atoms with Crippen molar-refractivity contribution in [2.24, 2.45) is 0 Å². The molecule has 2 heterocycles. The number of hydrogen-bond donors (Lipinski definition) is 1. The molecule has 128 valence electrons. The molecule has 0 amide bonds. The Balaban J connectivity index is 1.49. The fraction of sp³-hybridized carbons (Fsp3) is 0.444. The summed E-state index contributed by atoms with van der Waals surface area (Å²) in [5.41, 5.74) is 2.27. The van der Waals surface area contributed by atoms with Crippen molar-refractivity contribution in [2.75, 3.05) is 25.0 Å². The normalized spacial score (nSPS) is 16.2. The second-order valence-electron chi connectivity index (χ2n) is 6.46. The fourth-order valence-corrected chi connectivity index (χ4v) is 3.80. The van der Waals surface area contributed by atoms with Gasteiger partial charge in [0.2, 0.25) is 5.13 Å². The summed E-state index contributed by atoms with van der Waals surface area (Å²) in [5, 5.41) is 13.8. The van der Waals surface area contributed by atoms with Crippen molar-refractivity contribution < 1.29 is 4.39 Å². The summed E-state index contributed by atoms with van der Waals surface area (Å²) in [7, 11) is 0. The molecule has 1 saturated heterocycles. The van der Waals surface area contributed by atoms with Crippen LogP contribution in [0.1, 0.15) is 30.3 Å². The van der Waals surface area contributed by atoms with Gasteiger partial charge in [0.15, 0.2) is 0 Å². The molecule has 1 aromatic heterocycles. The van der Waals surface area contributed by atoms with Crippen molar-refractivity contribution in [3.8, 4) is 0 Å². The maximum atomic E-state index is 12.9. The number of likely N-dealkylation sites (tertiary alicyclic amines) is 1. The Hall–Kier alpha value is -1.79. The SMILES string of the molecule is C=C(C)CN1CCC(Nc2nnc(Cc3ccc(F)cc3)s2)CC1. The number of benzene rings is 1. The van der Waals surface area contributed by atoms with Gasteiger partial charge in [-0.05, 0) is 37.5 Å². The van der Waals surface area contributed by atoms with Crippen molar-refractivity contribution in [1.82, 2.24) is 15.1 Å². The van der Waals surface area contributed by atoms with Gasteiger partial charge in [-0.1, -0.05) is 35.6 Å². The number of anilines is 1. The molecule has 0 radical (unpaired) electrons. The first-order valence-electron chi connectivity index (χ1n) is 8.28. The molecule has 0 atom stereocenters. The molecule has 1 aromatic carbocycles. The zero-order valence-electron chi connectivity index (χ0n) is 14.0. The topological polar surface area (TPSA) is 41.0 Å². The molecule has 1 aliphatic rings. The molecule has 1 aliphatic heterocycles. The average Bonchev–Trinajstić information content (AvgIpc) is 2.98. The van der Waals surface area contributed by atoms with Gasteiger partial charge in [-0.2, -0.15) is 0 Å². The van der Waals surface area contributed by atoms with E-state index in [1.165, 1.54) is 17.7 Å². The van der Waals surface area contributed by atoms with E-state index in [1.54, 1.807) is 23.5 Å². The molecule has 2 aromatic rings. The van der Waals surface area contributed by atoms with Crippen LogP contribution in [-0.4, -0.2) is 40.8 Å². The molecule has 1 fully saturated rings. The van der Waals surface area contributed by atoms with E-state index < -0.39 is 0 Å². The summed E-state index contributed by atoms with van der Waals surface area (Å²) in [6.07, 6.45) is 2.91. The summed E-state index contributed by atoms with van der Waals surface area (Å²) in [4.78, 5) is 2.45. The molecule has 0 bridgehead atoms. The first kappa shape index (κ1) is 17.0. The van der Waals surface area contributed by atoms with Gasteiger partial charge in [0.25, 0.3) is 0 Å². The molecule has 0 spiro atoms. The maximum absolute atomic E-state index is 12.9. The molecule has 6 heteroatoms. The quantitative estimate of drug-likeness (QED) is 0.810.